The van der Waals surface area contributed by atoms with Crippen molar-refractivity contribution < 1.29 is 28.8 Å². The maximum atomic E-state index is 12.2. The maximum Gasteiger partial charge on any atom is 0.338 e. The van der Waals surface area contributed by atoms with Crippen molar-refractivity contribution in [2.45, 2.75) is 57.4 Å². The van der Waals surface area contributed by atoms with Crippen molar-refractivity contribution in [1.82, 2.24) is 0 Å². The van der Waals surface area contributed by atoms with Crippen LogP contribution in [-0.4, -0.2) is 48.4 Å². The van der Waals surface area contributed by atoms with Crippen molar-refractivity contribution in [1.29, 1.82) is 0 Å². The summed E-state index contributed by atoms with van der Waals surface area (Å²) in [5.74, 6) is -1.16. The zero-order valence-corrected chi connectivity index (χ0v) is 17.5. The Kier molecular flexibility index (Phi) is 7.99. The first-order valence-electron chi connectivity index (χ1n) is 10.4. The molecule has 3 rings (SSSR count). The molecule has 1 saturated heterocycles. The number of benzene rings is 2. The van der Waals surface area contributed by atoms with Crippen LogP contribution >= 0.6 is 0 Å². The number of hydrogen-bond acceptors (Lipinski definition) is 6. The highest BCUT2D eigenvalue weighted by Gasteiger charge is 2.44. The molecule has 0 saturated carbocycles. The smallest absolute Gasteiger partial charge is 0.338 e. The highest BCUT2D eigenvalue weighted by Crippen LogP contribution is 2.33. The highest BCUT2D eigenvalue weighted by molar-refractivity contribution is 5.89. The first-order valence-corrected chi connectivity index (χ1v) is 10.4. The third kappa shape index (κ3) is 5.67. The van der Waals surface area contributed by atoms with E-state index in [4.69, 9.17) is 18.9 Å². The van der Waals surface area contributed by atoms with Crippen LogP contribution in [0.2, 0.25) is 0 Å². The number of aliphatic hydroxyl groups is 1. The predicted molar refractivity (Wildman–Crippen MR) is 112 cm³/mol. The van der Waals surface area contributed by atoms with Crippen LogP contribution in [0.25, 0.3) is 0 Å². The molecule has 0 aromatic heterocycles. The molecule has 6 heteroatoms. The van der Waals surface area contributed by atoms with Gasteiger partial charge in [-0.1, -0.05) is 62.4 Å². The Bertz CT molecular complexity index is 775. The molecule has 1 fully saturated rings. The summed E-state index contributed by atoms with van der Waals surface area (Å²) in [5, 5.41) is 10.8. The summed E-state index contributed by atoms with van der Waals surface area (Å²) in [6.07, 6.45) is -0.818. The average Bonchev–Trinajstić information content (AvgIpc) is 3.23. The van der Waals surface area contributed by atoms with E-state index in [2.05, 4.69) is 0 Å². The largest absolute Gasteiger partial charge is 0.459 e. The minimum atomic E-state index is -1.06. The minimum Gasteiger partial charge on any atom is -0.459 e. The van der Waals surface area contributed by atoms with E-state index in [0.717, 1.165) is 5.56 Å². The average molecular weight is 414 g/mol. The summed E-state index contributed by atoms with van der Waals surface area (Å²) in [6.45, 7) is 4.43. The van der Waals surface area contributed by atoms with Gasteiger partial charge >= 0.3 is 5.97 Å². The summed E-state index contributed by atoms with van der Waals surface area (Å²) in [7, 11) is 0. The molecular weight excluding hydrogens is 384 g/mol. The third-order valence-corrected chi connectivity index (χ3v) is 5.38. The molecule has 1 aliphatic rings. The van der Waals surface area contributed by atoms with E-state index in [9.17, 15) is 9.90 Å². The van der Waals surface area contributed by atoms with Crippen LogP contribution in [0.3, 0.4) is 0 Å². The Morgan fingerprint density at radius 1 is 1.10 bits per heavy atom. The molecular formula is C24H30O6. The lowest BCUT2D eigenvalue weighted by Gasteiger charge is -2.30. The standard InChI is InChI=1S/C24H30O6/c1-3-24(4-2)29-17-21(30-24)22(27-15-18-11-7-5-8-12-18)20(25)16-28-23(26)19-13-9-6-10-14-19/h5-14,20-22,25H,3-4,15-17H2,1-2H3/t20-,21-,22-/m1/s1. The van der Waals surface area contributed by atoms with E-state index < -0.39 is 30.1 Å². The van der Waals surface area contributed by atoms with Crippen molar-refractivity contribution in [2.75, 3.05) is 13.2 Å². The summed E-state index contributed by atoms with van der Waals surface area (Å²) in [4.78, 5) is 12.2. The van der Waals surface area contributed by atoms with Gasteiger partial charge in [-0.3, -0.25) is 0 Å². The molecule has 0 spiro atoms. The molecule has 0 amide bonds. The molecule has 1 heterocycles. The number of aliphatic hydroxyl groups excluding tert-OH is 1. The van der Waals surface area contributed by atoms with E-state index >= 15 is 0 Å². The van der Waals surface area contributed by atoms with E-state index in [-0.39, 0.29) is 6.61 Å². The SMILES string of the molecule is CCC1(CC)OC[C@H]([C@H](OCc2ccccc2)[C@H](O)COC(=O)c2ccccc2)O1. The minimum absolute atomic E-state index is 0.196. The van der Waals surface area contributed by atoms with Gasteiger partial charge in [-0.2, -0.15) is 0 Å². The fourth-order valence-corrected chi connectivity index (χ4v) is 3.51. The quantitative estimate of drug-likeness (QED) is 0.598. The van der Waals surface area contributed by atoms with Crippen LogP contribution < -0.4 is 0 Å². The fourth-order valence-electron chi connectivity index (χ4n) is 3.51. The number of ether oxygens (including phenoxy) is 4. The van der Waals surface area contributed by atoms with Gasteiger partial charge in [-0.15, -0.1) is 0 Å². The van der Waals surface area contributed by atoms with Gasteiger partial charge in [0.25, 0.3) is 0 Å². The van der Waals surface area contributed by atoms with Crippen LogP contribution in [0.5, 0.6) is 0 Å². The second-order valence-corrected chi connectivity index (χ2v) is 7.38. The summed E-state index contributed by atoms with van der Waals surface area (Å²) >= 11 is 0. The molecule has 0 bridgehead atoms. The summed E-state index contributed by atoms with van der Waals surface area (Å²) < 4.78 is 23.4. The first-order chi connectivity index (χ1) is 14.6. The Labute approximate surface area is 177 Å². The molecule has 162 valence electrons. The second kappa shape index (κ2) is 10.7. The van der Waals surface area contributed by atoms with Crippen LogP contribution in [0.1, 0.15) is 42.6 Å². The molecule has 2 aromatic rings. The normalized spacial score (nSPS) is 19.9. The molecule has 2 aromatic carbocycles. The van der Waals surface area contributed by atoms with Gasteiger partial charge in [0.15, 0.2) is 5.79 Å². The van der Waals surface area contributed by atoms with E-state index in [1.165, 1.54) is 0 Å². The Hall–Kier alpha value is -2.25. The van der Waals surface area contributed by atoms with Crippen molar-refractivity contribution >= 4 is 5.97 Å². The van der Waals surface area contributed by atoms with Crippen molar-refractivity contribution in [3.8, 4) is 0 Å². The molecule has 0 aliphatic carbocycles. The Balaban J connectivity index is 1.65. The number of hydrogen-bond donors (Lipinski definition) is 1. The van der Waals surface area contributed by atoms with Crippen LogP contribution in [0.4, 0.5) is 0 Å². The second-order valence-electron chi connectivity index (χ2n) is 7.38. The summed E-state index contributed by atoms with van der Waals surface area (Å²) in [6, 6.07) is 18.4. The number of rotatable bonds is 10. The van der Waals surface area contributed by atoms with E-state index in [1.54, 1.807) is 24.3 Å². The highest BCUT2D eigenvalue weighted by atomic mass is 16.8. The lowest BCUT2D eigenvalue weighted by atomic mass is 10.1. The number of esters is 1. The Morgan fingerprint density at radius 2 is 1.73 bits per heavy atom. The van der Waals surface area contributed by atoms with E-state index in [1.807, 2.05) is 50.2 Å². The summed E-state index contributed by atoms with van der Waals surface area (Å²) in [5.41, 5.74) is 1.41. The van der Waals surface area contributed by atoms with Crippen molar-refractivity contribution in [3.05, 3.63) is 71.8 Å². The van der Waals surface area contributed by atoms with Crippen molar-refractivity contribution in [2.24, 2.45) is 0 Å². The van der Waals surface area contributed by atoms with Gasteiger partial charge in [0.1, 0.15) is 24.9 Å². The monoisotopic (exact) mass is 414 g/mol. The van der Waals surface area contributed by atoms with Gasteiger partial charge in [-0.05, 0) is 30.5 Å². The van der Waals surface area contributed by atoms with Gasteiger partial charge in [0, 0.05) is 0 Å². The van der Waals surface area contributed by atoms with Crippen molar-refractivity contribution in [3.63, 3.8) is 0 Å². The fraction of sp³-hybridized carbons (Fsp3) is 0.458. The van der Waals surface area contributed by atoms with Crippen LogP contribution in [-0.2, 0) is 25.6 Å². The topological polar surface area (TPSA) is 74.2 Å². The Morgan fingerprint density at radius 3 is 2.33 bits per heavy atom. The predicted octanol–water partition coefficient (Wildman–Crippen LogP) is 3.72. The maximum absolute atomic E-state index is 12.2. The lowest BCUT2D eigenvalue weighted by molar-refractivity contribution is -0.197. The lowest BCUT2D eigenvalue weighted by Crippen LogP contribution is -2.44. The molecule has 30 heavy (non-hydrogen) atoms. The van der Waals surface area contributed by atoms with Gasteiger partial charge in [0.2, 0.25) is 0 Å². The number of carbonyl (C=O) groups is 1. The molecule has 0 radical (unpaired) electrons. The number of carbonyl (C=O) groups excluding carboxylic acids is 1. The van der Waals surface area contributed by atoms with Gasteiger partial charge in [-0.25, -0.2) is 4.79 Å². The van der Waals surface area contributed by atoms with Crippen LogP contribution in [0.15, 0.2) is 60.7 Å². The molecule has 1 aliphatic heterocycles. The van der Waals surface area contributed by atoms with E-state index in [0.29, 0.717) is 31.6 Å². The third-order valence-electron chi connectivity index (χ3n) is 5.38. The van der Waals surface area contributed by atoms with Gasteiger partial charge in [0.05, 0.1) is 18.8 Å². The first kappa shape index (κ1) is 22.4. The molecule has 6 nitrogen and oxygen atoms in total. The zero-order chi connectivity index (χ0) is 21.4. The molecule has 0 unspecified atom stereocenters. The van der Waals surface area contributed by atoms with Gasteiger partial charge < -0.3 is 24.1 Å². The zero-order valence-electron chi connectivity index (χ0n) is 17.5. The molecule has 1 N–H and O–H groups in total. The molecule has 3 atom stereocenters. The van der Waals surface area contributed by atoms with Crippen LogP contribution in [0, 0.1) is 0 Å².